The molecule has 3 rings (SSSR count). The van der Waals surface area contributed by atoms with Crippen molar-refractivity contribution in [2.24, 2.45) is 0 Å². The predicted molar refractivity (Wildman–Crippen MR) is 116 cm³/mol. The first-order valence-electron chi connectivity index (χ1n) is 8.77. The van der Waals surface area contributed by atoms with Crippen molar-refractivity contribution in [2.75, 3.05) is 5.32 Å². The zero-order valence-electron chi connectivity index (χ0n) is 15.3. The molecule has 0 atom stereocenters. The van der Waals surface area contributed by atoms with Crippen LogP contribution in [0.4, 0.5) is 10.1 Å². The summed E-state index contributed by atoms with van der Waals surface area (Å²) in [5, 5.41) is 7.51. The molecule has 0 aliphatic carbocycles. The van der Waals surface area contributed by atoms with E-state index in [2.05, 4.69) is 10.6 Å². The smallest absolute Gasteiger partial charge is 0.171 e. The quantitative estimate of drug-likeness (QED) is 0.495. The van der Waals surface area contributed by atoms with Gasteiger partial charge in [0.15, 0.2) is 5.11 Å². The second-order valence-electron chi connectivity index (χ2n) is 6.33. The number of hydrogen-bond donors (Lipinski definition) is 2. The van der Waals surface area contributed by atoms with Gasteiger partial charge in [0.05, 0.1) is 0 Å². The molecule has 0 aliphatic heterocycles. The third kappa shape index (κ3) is 5.94. The van der Waals surface area contributed by atoms with Crippen LogP contribution in [0.3, 0.4) is 0 Å². The van der Waals surface area contributed by atoms with Gasteiger partial charge in [-0.25, -0.2) is 4.39 Å². The van der Waals surface area contributed by atoms with E-state index in [0.29, 0.717) is 23.3 Å². The molecule has 0 aromatic heterocycles. The standard InChI is InChI=1S/C22H20ClFN2OS/c1-15-2-9-19(12-21(15)23)26-22(28)25-13-16-5-10-20(11-6-16)27-14-17-3-7-18(24)8-4-17/h2-12H,13-14H2,1H3,(H2,25,26,28). The van der Waals surface area contributed by atoms with Crippen LogP contribution < -0.4 is 15.4 Å². The van der Waals surface area contributed by atoms with Gasteiger partial charge in [-0.1, -0.05) is 41.9 Å². The van der Waals surface area contributed by atoms with Crippen LogP contribution in [-0.2, 0) is 13.2 Å². The maximum atomic E-state index is 12.9. The topological polar surface area (TPSA) is 33.3 Å². The maximum Gasteiger partial charge on any atom is 0.171 e. The second-order valence-corrected chi connectivity index (χ2v) is 7.15. The molecule has 0 amide bonds. The average Bonchev–Trinajstić information content (AvgIpc) is 2.69. The molecule has 0 unspecified atom stereocenters. The molecule has 0 spiro atoms. The Bertz CT molecular complexity index is 946. The number of hydrogen-bond acceptors (Lipinski definition) is 2. The first-order valence-corrected chi connectivity index (χ1v) is 9.55. The minimum absolute atomic E-state index is 0.251. The highest BCUT2D eigenvalue weighted by Crippen LogP contribution is 2.20. The van der Waals surface area contributed by atoms with Gasteiger partial charge >= 0.3 is 0 Å². The summed E-state index contributed by atoms with van der Waals surface area (Å²) in [6.45, 7) is 2.93. The van der Waals surface area contributed by atoms with Crippen LogP contribution in [0.15, 0.2) is 66.7 Å². The lowest BCUT2D eigenvalue weighted by atomic mass is 10.2. The van der Waals surface area contributed by atoms with Crippen molar-refractivity contribution in [3.63, 3.8) is 0 Å². The second kappa shape index (κ2) is 9.53. The van der Waals surface area contributed by atoms with E-state index >= 15 is 0 Å². The number of halogens is 2. The van der Waals surface area contributed by atoms with Gasteiger partial charge in [0.25, 0.3) is 0 Å². The van der Waals surface area contributed by atoms with Gasteiger partial charge in [0, 0.05) is 17.3 Å². The number of benzene rings is 3. The minimum Gasteiger partial charge on any atom is -0.489 e. The van der Waals surface area contributed by atoms with Crippen LogP contribution >= 0.6 is 23.8 Å². The third-order valence-corrected chi connectivity index (χ3v) is 4.78. The highest BCUT2D eigenvalue weighted by molar-refractivity contribution is 7.80. The van der Waals surface area contributed by atoms with Gasteiger partial charge in [-0.3, -0.25) is 0 Å². The summed E-state index contributed by atoms with van der Waals surface area (Å²) >= 11 is 11.4. The molecule has 3 aromatic carbocycles. The molecule has 6 heteroatoms. The van der Waals surface area contributed by atoms with Gasteiger partial charge in [-0.2, -0.15) is 0 Å². The largest absolute Gasteiger partial charge is 0.489 e. The molecule has 0 heterocycles. The van der Waals surface area contributed by atoms with Crippen molar-refractivity contribution in [3.8, 4) is 5.75 Å². The summed E-state index contributed by atoms with van der Waals surface area (Å²) in [5.74, 6) is 0.501. The van der Waals surface area contributed by atoms with Crippen LogP contribution in [0.2, 0.25) is 5.02 Å². The molecule has 0 radical (unpaired) electrons. The van der Waals surface area contributed by atoms with Crippen molar-refractivity contribution >= 4 is 34.6 Å². The fourth-order valence-corrected chi connectivity index (χ4v) is 2.85. The average molecular weight is 415 g/mol. The minimum atomic E-state index is -0.251. The molecule has 0 bridgehead atoms. The first-order chi connectivity index (χ1) is 13.5. The monoisotopic (exact) mass is 414 g/mol. The van der Waals surface area contributed by atoms with E-state index < -0.39 is 0 Å². The Hall–Kier alpha value is -2.63. The molecular formula is C22H20ClFN2OS. The number of aryl methyl sites for hydroxylation is 1. The van der Waals surface area contributed by atoms with E-state index in [1.165, 1.54) is 12.1 Å². The Morgan fingerprint density at radius 3 is 2.36 bits per heavy atom. The molecule has 3 nitrogen and oxygen atoms in total. The van der Waals surface area contributed by atoms with Crippen molar-refractivity contribution in [1.29, 1.82) is 0 Å². The number of nitrogens with one attached hydrogen (secondary N) is 2. The fourth-order valence-electron chi connectivity index (χ4n) is 2.48. The van der Waals surface area contributed by atoms with Crippen molar-refractivity contribution < 1.29 is 9.13 Å². The molecule has 3 aromatic rings. The van der Waals surface area contributed by atoms with Gasteiger partial charge in [-0.05, 0) is 72.2 Å². The lowest BCUT2D eigenvalue weighted by Crippen LogP contribution is -2.27. The molecule has 2 N–H and O–H groups in total. The molecule has 144 valence electrons. The third-order valence-electron chi connectivity index (χ3n) is 4.12. The Morgan fingerprint density at radius 1 is 1.00 bits per heavy atom. The Kier molecular flexibility index (Phi) is 6.85. The zero-order valence-corrected chi connectivity index (χ0v) is 16.9. The molecular weight excluding hydrogens is 395 g/mol. The Labute approximate surface area is 174 Å². The predicted octanol–water partition coefficient (Wildman–Crippen LogP) is 5.85. The molecule has 28 heavy (non-hydrogen) atoms. The normalized spacial score (nSPS) is 10.4. The van der Waals surface area contributed by atoms with Crippen molar-refractivity contribution in [1.82, 2.24) is 5.32 Å². The van der Waals surface area contributed by atoms with Gasteiger partial charge < -0.3 is 15.4 Å². The number of rotatable bonds is 6. The Morgan fingerprint density at radius 2 is 1.68 bits per heavy atom. The maximum absolute atomic E-state index is 12.9. The number of thiocarbonyl (C=S) groups is 1. The lowest BCUT2D eigenvalue weighted by Gasteiger charge is -2.12. The highest BCUT2D eigenvalue weighted by atomic mass is 35.5. The molecule has 0 saturated heterocycles. The van der Waals surface area contributed by atoms with Gasteiger partial charge in [0.2, 0.25) is 0 Å². The lowest BCUT2D eigenvalue weighted by molar-refractivity contribution is 0.306. The highest BCUT2D eigenvalue weighted by Gasteiger charge is 2.02. The molecule has 0 saturated carbocycles. The van der Waals surface area contributed by atoms with Crippen LogP contribution in [0, 0.1) is 12.7 Å². The van der Waals surface area contributed by atoms with E-state index in [4.69, 9.17) is 28.6 Å². The summed E-state index contributed by atoms with van der Waals surface area (Å²) in [6.07, 6.45) is 0. The Balaban J connectivity index is 1.46. The van der Waals surface area contributed by atoms with Crippen molar-refractivity contribution in [3.05, 3.63) is 94.3 Å². The van der Waals surface area contributed by atoms with Crippen molar-refractivity contribution in [2.45, 2.75) is 20.1 Å². The summed E-state index contributed by atoms with van der Waals surface area (Å²) in [6, 6.07) is 19.7. The van der Waals surface area contributed by atoms with E-state index in [0.717, 1.165) is 28.1 Å². The molecule has 0 aliphatic rings. The number of anilines is 1. The van der Waals surface area contributed by atoms with Crippen LogP contribution in [-0.4, -0.2) is 5.11 Å². The van der Waals surface area contributed by atoms with E-state index in [1.807, 2.05) is 49.4 Å². The van der Waals surface area contributed by atoms with Crippen LogP contribution in [0.1, 0.15) is 16.7 Å². The van der Waals surface area contributed by atoms with E-state index in [-0.39, 0.29) is 5.82 Å². The fraction of sp³-hybridized carbons (Fsp3) is 0.136. The zero-order chi connectivity index (χ0) is 19.9. The summed E-state index contributed by atoms with van der Waals surface area (Å²) in [5.41, 5.74) is 3.85. The van der Waals surface area contributed by atoms with E-state index in [1.54, 1.807) is 12.1 Å². The molecule has 0 fully saturated rings. The van der Waals surface area contributed by atoms with Crippen LogP contribution in [0.5, 0.6) is 5.75 Å². The van der Waals surface area contributed by atoms with Gasteiger partial charge in [0.1, 0.15) is 18.2 Å². The number of ether oxygens (including phenoxy) is 1. The summed E-state index contributed by atoms with van der Waals surface area (Å²) in [7, 11) is 0. The first kappa shape index (κ1) is 20.1. The summed E-state index contributed by atoms with van der Waals surface area (Å²) in [4.78, 5) is 0. The SMILES string of the molecule is Cc1ccc(NC(=S)NCc2ccc(OCc3ccc(F)cc3)cc2)cc1Cl. The van der Waals surface area contributed by atoms with Crippen LogP contribution in [0.25, 0.3) is 0 Å². The van der Waals surface area contributed by atoms with Gasteiger partial charge in [-0.15, -0.1) is 0 Å². The van der Waals surface area contributed by atoms with E-state index in [9.17, 15) is 4.39 Å². The summed E-state index contributed by atoms with van der Waals surface area (Å²) < 4.78 is 18.6.